The van der Waals surface area contributed by atoms with Gasteiger partial charge in [0.05, 0.1) is 22.7 Å². The minimum absolute atomic E-state index is 0.218. The summed E-state index contributed by atoms with van der Waals surface area (Å²) in [7, 11) is 0. The highest BCUT2D eigenvalue weighted by atomic mass is 19.1. The van der Waals surface area contributed by atoms with E-state index in [1.165, 1.54) is 6.07 Å². The molecule has 0 aliphatic heterocycles. The van der Waals surface area contributed by atoms with Crippen LogP contribution in [0.2, 0.25) is 0 Å². The van der Waals surface area contributed by atoms with Crippen molar-refractivity contribution >= 4 is 11.0 Å². The Hall–Kier alpha value is -2.67. The first-order valence-electron chi connectivity index (χ1n) is 6.85. The monoisotopic (exact) mass is 279 g/mol. The number of imidazole rings is 1. The van der Waals surface area contributed by atoms with Crippen molar-refractivity contribution in [3.63, 3.8) is 0 Å². The predicted octanol–water partition coefficient (Wildman–Crippen LogP) is 3.66. The SMILES string of the molecule is CCn1c(Cc2ccccc2F)nc2cc(C#N)ccc21. The van der Waals surface area contributed by atoms with Gasteiger partial charge >= 0.3 is 0 Å². The molecule has 3 nitrogen and oxygen atoms in total. The maximum atomic E-state index is 13.8. The molecule has 0 N–H and O–H groups in total. The molecule has 0 amide bonds. The topological polar surface area (TPSA) is 41.6 Å². The second-order valence-corrected chi connectivity index (χ2v) is 4.86. The molecular formula is C17H14FN3. The number of hydrogen-bond acceptors (Lipinski definition) is 2. The van der Waals surface area contributed by atoms with Crippen molar-refractivity contribution in [2.24, 2.45) is 0 Å². The molecule has 0 aliphatic carbocycles. The van der Waals surface area contributed by atoms with Gasteiger partial charge in [0.25, 0.3) is 0 Å². The normalized spacial score (nSPS) is 10.7. The Labute approximate surface area is 122 Å². The van der Waals surface area contributed by atoms with Gasteiger partial charge < -0.3 is 4.57 Å². The molecule has 4 heteroatoms. The van der Waals surface area contributed by atoms with Gasteiger partial charge in [-0.1, -0.05) is 18.2 Å². The average Bonchev–Trinajstić information content (AvgIpc) is 2.85. The minimum atomic E-state index is -0.218. The van der Waals surface area contributed by atoms with Gasteiger partial charge in [-0.3, -0.25) is 0 Å². The number of aryl methyl sites for hydroxylation is 1. The van der Waals surface area contributed by atoms with Crippen LogP contribution >= 0.6 is 0 Å². The number of rotatable bonds is 3. The number of nitriles is 1. The molecule has 0 fully saturated rings. The third kappa shape index (κ3) is 2.38. The molecule has 1 heterocycles. The van der Waals surface area contributed by atoms with E-state index in [-0.39, 0.29) is 5.82 Å². The van der Waals surface area contributed by atoms with Crippen LogP contribution in [0.5, 0.6) is 0 Å². The number of halogens is 1. The van der Waals surface area contributed by atoms with Gasteiger partial charge in [0.15, 0.2) is 0 Å². The summed E-state index contributed by atoms with van der Waals surface area (Å²) in [5, 5.41) is 8.97. The van der Waals surface area contributed by atoms with Gasteiger partial charge in [0.2, 0.25) is 0 Å². The highest BCUT2D eigenvalue weighted by Crippen LogP contribution is 2.20. The van der Waals surface area contributed by atoms with E-state index in [1.54, 1.807) is 24.3 Å². The zero-order valence-corrected chi connectivity index (χ0v) is 11.7. The molecule has 0 aliphatic rings. The number of benzene rings is 2. The molecule has 3 aromatic rings. The molecular weight excluding hydrogens is 265 g/mol. The molecule has 0 saturated carbocycles. The molecule has 0 radical (unpaired) electrons. The molecule has 0 saturated heterocycles. The van der Waals surface area contributed by atoms with Gasteiger partial charge in [0, 0.05) is 13.0 Å². The summed E-state index contributed by atoms with van der Waals surface area (Å²) in [5.41, 5.74) is 2.97. The third-order valence-electron chi connectivity index (χ3n) is 3.58. The fourth-order valence-corrected chi connectivity index (χ4v) is 2.55. The lowest BCUT2D eigenvalue weighted by Gasteiger charge is -2.06. The molecule has 0 bridgehead atoms. The Kier molecular flexibility index (Phi) is 3.41. The summed E-state index contributed by atoms with van der Waals surface area (Å²) in [6.07, 6.45) is 0.442. The number of nitrogens with zero attached hydrogens (tertiary/aromatic N) is 3. The molecule has 104 valence electrons. The van der Waals surface area contributed by atoms with E-state index in [2.05, 4.69) is 15.6 Å². The standard InChI is InChI=1S/C17H14FN3/c1-2-21-16-8-7-12(11-19)9-15(16)20-17(21)10-13-5-3-4-6-14(13)18/h3-9H,2,10H2,1H3. The van der Waals surface area contributed by atoms with Crippen LogP contribution in [0, 0.1) is 17.1 Å². The molecule has 1 aromatic heterocycles. The van der Waals surface area contributed by atoms with E-state index in [4.69, 9.17) is 5.26 Å². The van der Waals surface area contributed by atoms with Crippen molar-refractivity contribution in [1.82, 2.24) is 9.55 Å². The second kappa shape index (κ2) is 5.37. The van der Waals surface area contributed by atoms with E-state index in [0.717, 1.165) is 23.4 Å². The fourth-order valence-electron chi connectivity index (χ4n) is 2.55. The molecule has 0 atom stereocenters. The van der Waals surface area contributed by atoms with E-state index in [0.29, 0.717) is 17.5 Å². The van der Waals surface area contributed by atoms with Crippen LogP contribution in [0.25, 0.3) is 11.0 Å². The zero-order valence-electron chi connectivity index (χ0n) is 11.7. The quantitative estimate of drug-likeness (QED) is 0.734. The van der Waals surface area contributed by atoms with Crippen molar-refractivity contribution in [1.29, 1.82) is 5.26 Å². The summed E-state index contributed by atoms with van der Waals surface area (Å²) in [5.74, 6) is 0.595. The zero-order chi connectivity index (χ0) is 14.8. The van der Waals surface area contributed by atoms with Crippen LogP contribution in [0.15, 0.2) is 42.5 Å². The van der Waals surface area contributed by atoms with Crippen molar-refractivity contribution in [2.75, 3.05) is 0 Å². The van der Waals surface area contributed by atoms with Crippen LogP contribution in [-0.4, -0.2) is 9.55 Å². The Balaban J connectivity index is 2.10. The van der Waals surface area contributed by atoms with E-state index < -0.39 is 0 Å². The lowest BCUT2D eigenvalue weighted by atomic mass is 10.1. The molecule has 3 rings (SSSR count). The van der Waals surface area contributed by atoms with Gasteiger partial charge in [-0.05, 0) is 36.8 Å². The van der Waals surface area contributed by atoms with Crippen LogP contribution < -0.4 is 0 Å². The number of hydrogen-bond donors (Lipinski definition) is 0. The van der Waals surface area contributed by atoms with E-state index in [1.807, 2.05) is 19.1 Å². The number of fused-ring (bicyclic) bond motifs is 1. The number of aromatic nitrogens is 2. The Bertz CT molecular complexity index is 843. The summed E-state index contributed by atoms with van der Waals surface area (Å²) >= 11 is 0. The van der Waals surface area contributed by atoms with Crippen LogP contribution in [0.3, 0.4) is 0 Å². The van der Waals surface area contributed by atoms with Gasteiger partial charge in [0.1, 0.15) is 11.6 Å². The first-order chi connectivity index (χ1) is 10.2. The van der Waals surface area contributed by atoms with Gasteiger partial charge in [-0.2, -0.15) is 5.26 Å². The van der Waals surface area contributed by atoms with E-state index in [9.17, 15) is 4.39 Å². The molecule has 2 aromatic carbocycles. The van der Waals surface area contributed by atoms with E-state index >= 15 is 0 Å². The highest BCUT2D eigenvalue weighted by Gasteiger charge is 2.12. The Morgan fingerprint density at radius 1 is 1.24 bits per heavy atom. The smallest absolute Gasteiger partial charge is 0.126 e. The first-order valence-corrected chi connectivity index (χ1v) is 6.85. The molecule has 0 spiro atoms. The minimum Gasteiger partial charge on any atom is -0.328 e. The van der Waals surface area contributed by atoms with Crippen molar-refractivity contribution in [2.45, 2.75) is 19.9 Å². The van der Waals surface area contributed by atoms with Crippen molar-refractivity contribution < 1.29 is 4.39 Å². The summed E-state index contributed by atoms with van der Waals surface area (Å²) in [4.78, 5) is 4.57. The fraction of sp³-hybridized carbons (Fsp3) is 0.176. The third-order valence-corrected chi connectivity index (χ3v) is 3.58. The summed E-state index contributed by atoms with van der Waals surface area (Å²) < 4.78 is 15.9. The van der Waals surface area contributed by atoms with Crippen molar-refractivity contribution in [3.05, 3.63) is 65.2 Å². The summed E-state index contributed by atoms with van der Waals surface area (Å²) in [6, 6.07) is 14.3. The summed E-state index contributed by atoms with van der Waals surface area (Å²) in [6.45, 7) is 2.79. The van der Waals surface area contributed by atoms with Crippen LogP contribution in [-0.2, 0) is 13.0 Å². The lowest BCUT2D eigenvalue weighted by molar-refractivity contribution is 0.608. The average molecular weight is 279 g/mol. The lowest BCUT2D eigenvalue weighted by Crippen LogP contribution is -2.03. The van der Waals surface area contributed by atoms with Crippen molar-refractivity contribution in [3.8, 4) is 6.07 Å². The maximum Gasteiger partial charge on any atom is 0.126 e. The van der Waals surface area contributed by atoms with Gasteiger partial charge in [-0.15, -0.1) is 0 Å². The van der Waals surface area contributed by atoms with Crippen LogP contribution in [0.1, 0.15) is 23.9 Å². The molecule has 0 unspecified atom stereocenters. The second-order valence-electron chi connectivity index (χ2n) is 4.86. The van der Waals surface area contributed by atoms with Gasteiger partial charge in [-0.25, -0.2) is 9.37 Å². The predicted molar refractivity (Wildman–Crippen MR) is 79.3 cm³/mol. The Morgan fingerprint density at radius 3 is 2.76 bits per heavy atom. The van der Waals surface area contributed by atoms with Crippen LogP contribution in [0.4, 0.5) is 4.39 Å². The largest absolute Gasteiger partial charge is 0.328 e. The molecule has 21 heavy (non-hydrogen) atoms. The Morgan fingerprint density at radius 2 is 2.05 bits per heavy atom. The maximum absolute atomic E-state index is 13.8. The first kappa shape index (κ1) is 13.3. The highest BCUT2D eigenvalue weighted by molar-refractivity contribution is 5.77.